The van der Waals surface area contributed by atoms with Crippen LogP contribution in [-0.4, -0.2) is 12.1 Å². The largest absolute Gasteiger partial charge is 0.497 e. The van der Waals surface area contributed by atoms with Crippen LogP contribution in [0, 0.1) is 11.3 Å². The van der Waals surface area contributed by atoms with Gasteiger partial charge in [-0.15, -0.1) is 0 Å². The van der Waals surface area contributed by atoms with Gasteiger partial charge in [0.25, 0.3) is 0 Å². The van der Waals surface area contributed by atoms with E-state index in [2.05, 4.69) is 32.3 Å². The Labute approximate surface area is 134 Å². The van der Waals surface area contributed by atoms with Crippen LogP contribution >= 0.6 is 27.3 Å². The van der Waals surface area contributed by atoms with E-state index in [0.717, 1.165) is 31.3 Å². The van der Waals surface area contributed by atoms with E-state index in [1.54, 1.807) is 30.6 Å². The van der Waals surface area contributed by atoms with E-state index in [1.807, 2.05) is 24.3 Å². The fourth-order valence-corrected chi connectivity index (χ4v) is 3.27. The SMILES string of the molecule is COc1ccc2nc(Nc3ccc(C#N)cc3Br)sc2c1. The number of aromatic nitrogens is 1. The van der Waals surface area contributed by atoms with E-state index in [9.17, 15) is 0 Å². The van der Waals surface area contributed by atoms with Crippen LogP contribution in [0.4, 0.5) is 10.8 Å². The van der Waals surface area contributed by atoms with E-state index < -0.39 is 0 Å². The van der Waals surface area contributed by atoms with E-state index in [0.29, 0.717) is 5.56 Å². The number of nitriles is 1. The Hall–Kier alpha value is -2.10. The summed E-state index contributed by atoms with van der Waals surface area (Å²) in [6, 6.07) is 13.3. The zero-order valence-electron chi connectivity index (χ0n) is 11.1. The molecule has 104 valence electrons. The minimum Gasteiger partial charge on any atom is -0.497 e. The van der Waals surface area contributed by atoms with Gasteiger partial charge in [0.2, 0.25) is 0 Å². The highest BCUT2D eigenvalue weighted by atomic mass is 79.9. The fraction of sp³-hybridized carbons (Fsp3) is 0.0667. The number of ether oxygens (including phenoxy) is 1. The van der Waals surface area contributed by atoms with Crippen molar-refractivity contribution in [3.05, 3.63) is 46.4 Å². The van der Waals surface area contributed by atoms with Crippen LogP contribution < -0.4 is 10.1 Å². The van der Waals surface area contributed by atoms with E-state index in [4.69, 9.17) is 10.00 Å². The number of anilines is 2. The molecule has 0 spiro atoms. The maximum absolute atomic E-state index is 8.87. The second-order valence-electron chi connectivity index (χ2n) is 4.28. The minimum atomic E-state index is 0.612. The Morgan fingerprint density at radius 2 is 2.14 bits per heavy atom. The second kappa shape index (κ2) is 5.72. The van der Waals surface area contributed by atoms with Gasteiger partial charge in [-0.1, -0.05) is 11.3 Å². The number of rotatable bonds is 3. The van der Waals surface area contributed by atoms with Crippen molar-refractivity contribution in [2.45, 2.75) is 0 Å². The van der Waals surface area contributed by atoms with Crippen molar-refractivity contribution >= 4 is 48.3 Å². The molecular formula is C15H10BrN3OS. The summed E-state index contributed by atoms with van der Waals surface area (Å²) < 4.78 is 7.10. The summed E-state index contributed by atoms with van der Waals surface area (Å²) in [6.45, 7) is 0. The first-order chi connectivity index (χ1) is 10.2. The molecule has 0 fully saturated rings. The third-order valence-electron chi connectivity index (χ3n) is 2.94. The van der Waals surface area contributed by atoms with Crippen molar-refractivity contribution in [3.8, 4) is 11.8 Å². The second-order valence-corrected chi connectivity index (χ2v) is 6.17. The zero-order chi connectivity index (χ0) is 14.8. The molecular weight excluding hydrogens is 350 g/mol. The molecule has 6 heteroatoms. The molecule has 0 aliphatic heterocycles. The molecule has 0 bridgehead atoms. The number of fused-ring (bicyclic) bond motifs is 1. The van der Waals surface area contributed by atoms with Gasteiger partial charge in [0, 0.05) is 4.47 Å². The van der Waals surface area contributed by atoms with Gasteiger partial charge >= 0.3 is 0 Å². The number of hydrogen-bond donors (Lipinski definition) is 1. The summed E-state index contributed by atoms with van der Waals surface area (Å²) in [5, 5.41) is 12.9. The predicted octanol–water partition coefficient (Wildman–Crippen LogP) is 4.68. The molecule has 0 aliphatic rings. The van der Waals surface area contributed by atoms with Gasteiger partial charge < -0.3 is 10.1 Å². The van der Waals surface area contributed by atoms with Crippen molar-refractivity contribution in [1.29, 1.82) is 5.26 Å². The molecule has 0 saturated carbocycles. The summed E-state index contributed by atoms with van der Waals surface area (Å²) in [5.74, 6) is 0.817. The summed E-state index contributed by atoms with van der Waals surface area (Å²) in [4.78, 5) is 4.53. The van der Waals surface area contributed by atoms with Crippen LogP contribution in [0.2, 0.25) is 0 Å². The van der Waals surface area contributed by atoms with Gasteiger partial charge in [-0.25, -0.2) is 4.98 Å². The first kappa shape index (κ1) is 13.9. The first-order valence-corrected chi connectivity index (χ1v) is 7.72. The summed E-state index contributed by atoms with van der Waals surface area (Å²) >= 11 is 5.01. The highest BCUT2D eigenvalue weighted by Gasteiger charge is 2.07. The molecule has 0 saturated heterocycles. The maximum Gasteiger partial charge on any atom is 0.188 e. The van der Waals surface area contributed by atoms with Crippen LogP contribution in [0.1, 0.15) is 5.56 Å². The van der Waals surface area contributed by atoms with Crippen molar-refractivity contribution in [1.82, 2.24) is 4.98 Å². The number of nitrogens with zero attached hydrogens (tertiary/aromatic N) is 2. The van der Waals surface area contributed by atoms with Crippen molar-refractivity contribution < 1.29 is 4.74 Å². The Morgan fingerprint density at radius 3 is 2.86 bits per heavy atom. The number of nitrogens with one attached hydrogen (secondary N) is 1. The van der Waals surface area contributed by atoms with E-state index in [-0.39, 0.29) is 0 Å². The Balaban J connectivity index is 1.93. The molecule has 4 nitrogen and oxygen atoms in total. The van der Waals surface area contributed by atoms with Gasteiger partial charge in [-0.2, -0.15) is 5.26 Å². The normalized spacial score (nSPS) is 10.3. The minimum absolute atomic E-state index is 0.612. The average molecular weight is 360 g/mol. The van der Waals surface area contributed by atoms with Crippen LogP contribution in [0.5, 0.6) is 5.75 Å². The molecule has 1 aromatic heterocycles. The summed E-state index contributed by atoms with van der Waals surface area (Å²) in [7, 11) is 1.65. The van der Waals surface area contributed by atoms with E-state index in [1.165, 1.54) is 0 Å². The summed E-state index contributed by atoms with van der Waals surface area (Å²) in [6.07, 6.45) is 0. The lowest BCUT2D eigenvalue weighted by Gasteiger charge is -2.05. The van der Waals surface area contributed by atoms with Crippen molar-refractivity contribution in [2.24, 2.45) is 0 Å². The number of thiazole rings is 1. The molecule has 1 heterocycles. The number of methoxy groups -OCH3 is 1. The number of benzene rings is 2. The third kappa shape index (κ3) is 2.84. The topological polar surface area (TPSA) is 57.9 Å². The Morgan fingerprint density at radius 1 is 1.29 bits per heavy atom. The quantitative estimate of drug-likeness (QED) is 0.737. The van der Waals surface area contributed by atoms with Gasteiger partial charge in [0.05, 0.1) is 34.6 Å². The average Bonchev–Trinajstić information content (AvgIpc) is 2.90. The number of hydrogen-bond acceptors (Lipinski definition) is 5. The summed E-state index contributed by atoms with van der Waals surface area (Å²) in [5.41, 5.74) is 2.41. The van der Waals surface area contributed by atoms with Crippen LogP contribution in [0.15, 0.2) is 40.9 Å². The Kier molecular flexibility index (Phi) is 3.78. The highest BCUT2D eigenvalue weighted by molar-refractivity contribution is 9.10. The number of halogens is 1. The molecule has 0 aliphatic carbocycles. The lowest BCUT2D eigenvalue weighted by atomic mass is 10.2. The maximum atomic E-state index is 8.87. The fourth-order valence-electron chi connectivity index (χ4n) is 1.89. The van der Waals surface area contributed by atoms with Crippen LogP contribution in [0.3, 0.4) is 0 Å². The smallest absolute Gasteiger partial charge is 0.188 e. The van der Waals surface area contributed by atoms with Gasteiger partial charge in [-0.3, -0.25) is 0 Å². The lowest BCUT2D eigenvalue weighted by molar-refractivity contribution is 0.415. The van der Waals surface area contributed by atoms with E-state index >= 15 is 0 Å². The Bertz CT molecular complexity index is 854. The van der Waals surface area contributed by atoms with Crippen molar-refractivity contribution in [3.63, 3.8) is 0 Å². The van der Waals surface area contributed by atoms with Gasteiger partial charge in [0.15, 0.2) is 5.13 Å². The zero-order valence-corrected chi connectivity index (χ0v) is 13.5. The third-order valence-corrected chi connectivity index (χ3v) is 4.53. The molecule has 3 rings (SSSR count). The molecule has 0 unspecified atom stereocenters. The molecule has 0 radical (unpaired) electrons. The molecule has 0 atom stereocenters. The van der Waals surface area contributed by atoms with Gasteiger partial charge in [0.1, 0.15) is 5.75 Å². The van der Waals surface area contributed by atoms with Crippen LogP contribution in [0.25, 0.3) is 10.2 Å². The highest BCUT2D eigenvalue weighted by Crippen LogP contribution is 2.33. The molecule has 3 aromatic rings. The molecule has 21 heavy (non-hydrogen) atoms. The lowest BCUT2D eigenvalue weighted by Crippen LogP contribution is -1.90. The molecule has 0 amide bonds. The molecule has 2 aromatic carbocycles. The van der Waals surface area contributed by atoms with Crippen molar-refractivity contribution in [2.75, 3.05) is 12.4 Å². The van der Waals surface area contributed by atoms with Gasteiger partial charge in [-0.05, 0) is 52.3 Å². The first-order valence-electron chi connectivity index (χ1n) is 6.11. The molecule has 1 N–H and O–H groups in total. The predicted molar refractivity (Wildman–Crippen MR) is 88.3 cm³/mol. The standard InChI is InChI=1S/C15H10BrN3OS/c1-20-10-3-5-13-14(7-10)21-15(19-13)18-12-4-2-9(8-17)6-11(12)16/h2-7H,1H3,(H,18,19). The van der Waals surface area contributed by atoms with Crippen LogP contribution in [-0.2, 0) is 0 Å². The monoisotopic (exact) mass is 359 g/mol.